The molecule has 1 heterocycles. The van der Waals surface area contributed by atoms with Gasteiger partial charge in [0.05, 0.1) is 12.8 Å². The number of hydrogen-bond acceptors (Lipinski definition) is 3. The maximum absolute atomic E-state index is 12.7. The molecule has 4 nitrogen and oxygen atoms in total. The number of rotatable bonds is 5. The standard InChI is InChI=1S/C21H17NO3/c1-2-17-10-6-11-19(14-17)22(15-20-12-7-13-24-20)21(23)25-16-18-8-4-3-5-9-18/h1,3-14H,15-16H2. The first-order chi connectivity index (χ1) is 12.3. The molecule has 0 aliphatic rings. The van der Waals surface area contributed by atoms with Gasteiger partial charge in [0, 0.05) is 11.3 Å². The number of benzene rings is 2. The first kappa shape index (κ1) is 16.4. The van der Waals surface area contributed by atoms with Crippen molar-refractivity contribution in [2.45, 2.75) is 13.2 Å². The topological polar surface area (TPSA) is 42.7 Å². The Morgan fingerprint density at radius 3 is 2.64 bits per heavy atom. The molecule has 4 heteroatoms. The zero-order chi connectivity index (χ0) is 17.5. The Kier molecular flexibility index (Phi) is 5.18. The van der Waals surface area contributed by atoms with Crippen molar-refractivity contribution >= 4 is 11.8 Å². The number of nitrogens with zero attached hydrogens (tertiary/aromatic N) is 1. The third-order valence-electron chi connectivity index (χ3n) is 3.64. The summed E-state index contributed by atoms with van der Waals surface area (Å²) < 4.78 is 10.8. The predicted octanol–water partition coefficient (Wildman–Crippen LogP) is 4.60. The molecule has 0 spiro atoms. The van der Waals surface area contributed by atoms with Crippen LogP contribution in [0.1, 0.15) is 16.9 Å². The van der Waals surface area contributed by atoms with Gasteiger partial charge in [-0.25, -0.2) is 4.79 Å². The molecular weight excluding hydrogens is 314 g/mol. The lowest BCUT2D eigenvalue weighted by atomic mass is 10.2. The molecule has 3 aromatic rings. The highest BCUT2D eigenvalue weighted by molar-refractivity contribution is 5.87. The van der Waals surface area contributed by atoms with Crippen LogP contribution in [0.4, 0.5) is 10.5 Å². The van der Waals surface area contributed by atoms with Crippen molar-refractivity contribution < 1.29 is 13.9 Å². The molecule has 0 atom stereocenters. The molecule has 0 N–H and O–H groups in total. The van der Waals surface area contributed by atoms with E-state index >= 15 is 0 Å². The van der Waals surface area contributed by atoms with E-state index in [-0.39, 0.29) is 13.2 Å². The second-order valence-electron chi connectivity index (χ2n) is 5.40. The molecule has 0 saturated heterocycles. The van der Waals surface area contributed by atoms with Crippen LogP contribution in [0.3, 0.4) is 0 Å². The zero-order valence-electron chi connectivity index (χ0n) is 13.6. The summed E-state index contributed by atoms with van der Waals surface area (Å²) in [6, 6.07) is 20.3. The van der Waals surface area contributed by atoms with Crippen LogP contribution in [-0.2, 0) is 17.9 Å². The van der Waals surface area contributed by atoms with Crippen molar-refractivity contribution in [1.82, 2.24) is 0 Å². The smallest absolute Gasteiger partial charge is 0.415 e. The van der Waals surface area contributed by atoms with Crippen LogP contribution in [-0.4, -0.2) is 6.09 Å². The largest absolute Gasteiger partial charge is 0.467 e. The minimum absolute atomic E-state index is 0.198. The summed E-state index contributed by atoms with van der Waals surface area (Å²) in [7, 11) is 0. The summed E-state index contributed by atoms with van der Waals surface area (Å²) in [6.45, 7) is 0.456. The van der Waals surface area contributed by atoms with E-state index in [2.05, 4.69) is 5.92 Å². The summed E-state index contributed by atoms with van der Waals surface area (Å²) in [5.74, 6) is 3.23. The van der Waals surface area contributed by atoms with E-state index < -0.39 is 6.09 Å². The highest BCUT2D eigenvalue weighted by Gasteiger charge is 2.19. The Morgan fingerprint density at radius 2 is 1.92 bits per heavy atom. The van der Waals surface area contributed by atoms with Gasteiger partial charge >= 0.3 is 6.09 Å². The molecule has 0 aliphatic heterocycles. The number of furan rings is 1. The molecule has 1 aromatic heterocycles. The molecule has 3 rings (SSSR count). The Hall–Kier alpha value is -3.45. The van der Waals surface area contributed by atoms with Crippen molar-refractivity contribution in [2.75, 3.05) is 4.90 Å². The molecule has 0 fully saturated rings. The van der Waals surface area contributed by atoms with Crippen LogP contribution in [0.5, 0.6) is 0 Å². The normalized spacial score (nSPS) is 10.0. The number of anilines is 1. The van der Waals surface area contributed by atoms with E-state index in [0.717, 1.165) is 5.56 Å². The number of terminal acetylenes is 1. The molecule has 124 valence electrons. The lowest BCUT2D eigenvalue weighted by Gasteiger charge is -2.21. The second-order valence-corrected chi connectivity index (χ2v) is 5.40. The minimum atomic E-state index is -0.463. The Labute approximate surface area is 146 Å². The van der Waals surface area contributed by atoms with Gasteiger partial charge in [0.15, 0.2) is 0 Å². The summed E-state index contributed by atoms with van der Waals surface area (Å²) >= 11 is 0. The van der Waals surface area contributed by atoms with Gasteiger partial charge in [0.1, 0.15) is 12.4 Å². The Balaban J connectivity index is 1.80. The third kappa shape index (κ3) is 4.30. The van der Waals surface area contributed by atoms with Crippen molar-refractivity contribution in [3.05, 3.63) is 89.9 Å². The molecule has 0 bridgehead atoms. The van der Waals surface area contributed by atoms with Gasteiger partial charge in [0.2, 0.25) is 0 Å². The van der Waals surface area contributed by atoms with Crippen molar-refractivity contribution in [1.29, 1.82) is 0 Å². The van der Waals surface area contributed by atoms with E-state index in [1.54, 1.807) is 18.4 Å². The van der Waals surface area contributed by atoms with E-state index in [0.29, 0.717) is 17.0 Å². The highest BCUT2D eigenvalue weighted by atomic mass is 16.6. The minimum Gasteiger partial charge on any atom is -0.467 e. The molecule has 25 heavy (non-hydrogen) atoms. The van der Waals surface area contributed by atoms with Crippen LogP contribution in [0, 0.1) is 12.3 Å². The van der Waals surface area contributed by atoms with Gasteiger partial charge in [-0.3, -0.25) is 4.90 Å². The maximum Gasteiger partial charge on any atom is 0.415 e. The molecule has 0 aliphatic carbocycles. The van der Waals surface area contributed by atoms with Gasteiger partial charge in [0.25, 0.3) is 0 Å². The van der Waals surface area contributed by atoms with E-state index in [1.165, 1.54) is 4.90 Å². The monoisotopic (exact) mass is 331 g/mol. The first-order valence-corrected chi connectivity index (χ1v) is 7.83. The van der Waals surface area contributed by atoms with Gasteiger partial charge in [-0.1, -0.05) is 42.3 Å². The van der Waals surface area contributed by atoms with Gasteiger partial charge in [-0.2, -0.15) is 0 Å². The molecule has 1 amide bonds. The van der Waals surface area contributed by atoms with Gasteiger partial charge in [-0.15, -0.1) is 6.42 Å². The van der Waals surface area contributed by atoms with E-state index in [1.807, 2.05) is 54.6 Å². The van der Waals surface area contributed by atoms with Crippen LogP contribution in [0.2, 0.25) is 0 Å². The fourth-order valence-electron chi connectivity index (χ4n) is 2.38. The first-order valence-electron chi connectivity index (χ1n) is 7.83. The number of ether oxygens (including phenoxy) is 1. The van der Waals surface area contributed by atoms with Gasteiger partial charge in [-0.05, 0) is 35.9 Å². The number of carbonyl (C=O) groups excluding carboxylic acids is 1. The Morgan fingerprint density at radius 1 is 1.08 bits per heavy atom. The fourth-order valence-corrected chi connectivity index (χ4v) is 2.38. The average molecular weight is 331 g/mol. The summed E-state index contributed by atoms with van der Waals surface area (Å²) in [5, 5.41) is 0. The van der Waals surface area contributed by atoms with Gasteiger partial charge < -0.3 is 9.15 Å². The van der Waals surface area contributed by atoms with Crippen molar-refractivity contribution in [2.24, 2.45) is 0 Å². The number of amides is 1. The van der Waals surface area contributed by atoms with E-state index in [4.69, 9.17) is 15.6 Å². The highest BCUT2D eigenvalue weighted by Crippen LogP contribution is 2.20. The van der Waals surface area contributed by atoms with E-state index in [9.17, 15) is 4.79 Å². The zero-order valence-corrected chi connectivity index (χ0v) is 13.6. The summed E-state index contributed by atoms with van der Waals surface area (Å²) in [5.41, 5.74) is 2.27. The lowest BCUT2D eigenvalue weighted by Crippen LogP contribution is -2.30. The summed E-state index contributed by atoms with van der Waals surface area (Å²) in [6.07, 6.45) is 6.57. The summed E-state index contributed by atoms with van der Waals surface area (Å²) in [4.78, 5) is 14.2. The van der Waals surface area contributed by atoms with Crippen LogP contribution < -0.4 is 4.90 Å². The molecule has 0 unspecified atom stereocenters. The van der Waals surface area contributed by atoms with Crippen molar-refractivity contribution in [3.8, 4) is 12.3 Å². The predicted molar refractivity (Wildman–Crippen MR) is 95.9 cm³/mol. The molecular formula is C21H17NO3. The Bertz CT molecular complexity index is 864. The lowest BCUT2D eigenvalue weighted by molar-refractivity contribution is 0.146. The fraction of sp³-hybridized carbons (Fsp3) is 0.0952. The SMILES string of the molecule is C#Cc1cccc(N(Cc2ccco2)C(=O)OCc2ccccc2)c1. The number of carbonyl (C=O) groups is 1. The van der Waals surface area contributed by atoms with Crippen molar-refractivity contribution in [3.63, 3.8) is 0 Å². The third-order valence-corrected chi connectivity index (χ3v) is 3.64. The quantitative estimate of drug-likeness (QED) is 0.642. The maximum atomic E-state index is 12.7. The van der Waals surface area contributed by atoms with Crippen LogP contribution >= 0.6 is 0 Å². The molecule has 2 aromatic carbocycles. The average Bonchev–Trinajstić information content (AvgIpc) is 3.18. The van der Waals surface area contributed by atoms with Crippen LogP contribution in [0.15, 0.2) is 77.4 Å². The molecule has 0 saturated carbocycles. The second kappa shape index (κ2) is 7.89. The number of hydrogen-bond donors (Lipinski definition) is 0. The van der Waals surface area contributed by atoms with Crippen LogP contribution in [0.25, 0.3) is 0 Å². The molecule has 0 radical (unpaired) electrons.